The fraction of sp³-hybridized carbons (Fsp3) is 0.417. The Morgan fingerprint density at radius 2 is 2.19 bits per heavy atom. The SMILES string of the molecule is COC(CN)C(=O)NCc1ccccc1C. The summed E-state index contributed by atoms with van der Waals surface area (Å²) in [5.41, 5.74) is 7.65. The Labute approximate surface area is 95.8 Å². The van der Waals surface area contributed by atoms with Gasteiger partial charge in [0.05, 0.1) is 0 Å². The molecule has 0 aliphatic carbocycles. The summed E-state index contributed by atoms with van der Waals surface area (Å²) in [6.07, 6.45) is -0.566. The molecule has 1 aromatic rings. The monoisotopic (exact) mass is 222 g/mol. The van der Waals surface area contributed by atoms with Gasteiger partial charge >= 0.3 is 0 Å². The van der Waals surface area contributed by atoms with Gasteiger partial charge in [0.25, 0.3) is 5.91 Å². The second-order valence-electron chi connectivity index (χ2n) is 3.60. The molecule has 1 amide bonds. The van der Waals surface area contributed by atoms with Crippen LogP contribution >= 0.6 is 0 Å². The van der Waals surface area contributed by atoms with Crippen molar-refractivity contribution >= 4 is 5.91 Å². The third-order valence-electron chi connectivity index (χ3n) is 2.51. The molecule has 0 saturated heterocycles. The maximum absolute atomic E-state index is 11.6. The fourth-order valence-corrected chi connectivity index (χ4v) is 1.41. The van der Waals surface area contributed by atoms with Crippen molar-refractivity contribution in [1.82, 2.24) is 5.32 Å². The predicted molar refractivity (Wildman–Crippen MR) is 62.9 cm³/mol. The van der Waals surface area contributed by atoms with Crippen molar-refractivity contribution in [2.75, 3.05) is 13.7 Å². The molecule has 0 fully saturated rings. The maximum Gasteiger partial charge on any atom is 0.250 e. The number of amides is 1. The quantitative estimate of drug-likeness (QED) is 0.766. The standard InChI is InChI=1S/C12H18N2O2/c1-9-5-3-4-6-10(9)8-14-12(15)11(7-13)16-2/h3-6,11H,7-8,13H2,1-2H3,(H,14,15). The highest BCUT2D eigenvalue weighted by Crippen LogP contribution is 2.06. The van der Waals surface area contributed by atoms with E-state index in [1.165, 1.54) is 7.11 Å². The van der Waals surface area contributed by atoms with Gasteiger partial charge in [0, 0.05) is 20.2 Å². The van der Waals surface area contributed by atoms with Gasteiger partial charge < -0.3 is 15.8 Å². The third kappa shape index (κ3) is 3.32. The average Bonchev–Trinajstić information content (AvgIpc) is 2.29. The molecule has 0 bridgehead atoms. The minimum atomic E-state index is -0.566. The molecule has 4 nitrogen and oxygen atoms in total. The molecule has 0 saturated carbocycles. The van der Waals surface area contributed by atoms with Crippen molar-refractivity contribution in [3.8, 4) is 0 Å². The zero-order valence-corrected chi connectivity index (χ0v) is 9.69. The number of rotatable bonds is 5. The number of benzene rings is 1. The Balaban J connectivity index is 2.52. The highest BCUT2D eigenvalue weighted by Gasteiger charge is 2.14. The van der Waals surface area contributed by atoms with Crippen LogP contribution in [0.15, 0.2) is 24.3 Å². The van der Waals surface area contributed by atoms with Gasteiger partial charge in [0.1, 0.15) is 6.10 Å². The molecule has 1 atom stereocenters. The summed E-state index contributed by atoms with van der Waals surface area (Å²) in [5, 5.41) is 2.80. The van der Waals surface area contributed by atoms with Crippen LogP contribution in [0.3, 0.4) is 0 Å². The van der Waals surface area contributed by atoms with E-state index >= 15 is 0 Å². The molecule has 3 N–H and O–H groups in total. The van der Waals surface area contributed by atoms with Gasteiger partial charge in [0.15, 0.2) is 0 Å². The highest BCUT2D eigenvalue weighted by atomic mass is 16.5. The first-order valence-corrected chi connectivity index (χ1v) is 5.24. The van der Waals surface area contributed by atoms with Crippen molar-refractivity contribution in [3.63, 3.8) is 0 Å². The molecule has 0 heterocycles. The Hall–Kier alpha value is -1.39. The molecule has 4 heteroatoms. The van der Waals surface area contributed by atoms with Crippen LogP contribution in [0, 0.1) is 6.92 Å². The Morgan fingerprint density at radius 1 is 1.50 bits per heavy atom. The first kappa shape index (κ1) is 12.7. The van der Waals surface area contributed by atoms with Crippen molar-refractivity contribution < 1.29 is 9.53 Å². The van der Waals surface area contributed by atoms with E-state index in [-0.39, 0.29) is 12.5 Å². The number of nitrogens with two attached hydrogens (primary N) is 1. The van der Waals surface area contributed by atoms with E-state index in [1.54, 1.807) is 0 Å². The number of ether oxygens (including phenoxy) is 1. The number of carbonyl (C=O) groups excluding carboxylic acids is 1. The average molecular weight is 222 g/mol. The predicted octanol–water partition coefficient (Wildman–Crippen LogP) is 0.585. The van der Waals surface area contributed by atoms with Crippen molar-refractivity contribution in [1.29, 1.82) is 0 Å². The molecular formula is C12H18N2O2. The fourth-order valence-electron chi connectivity index (χ4n) is 1.41. The van der Waals surface area contributed by atoms with Crippen molar-refractivity contribution in [2.45, 2.75) is 19.6 Å². The lowest BCUT2D eigenvalue weighted by Gasteiger charge is -2.13. The summed E-state index contributed by atoms with van der Waals surface area (Å²) in [6.45, 7) is 2.71. The topological polar surface area (TPSA) is 64.3 Å². The van der Waals surface area contributed by atoms with Crippen molar-refractivity contribution in [3.05, 3.63) is 35.4 Å². The molecule has 1 unspecified atom stereocenters. The van der Waals surface area contributed by atoms with Crippen molar-refractivity contribution in [2.24, 2.45) is 5.73 Å². The summed E-state index contributed by atoms with van der Waals surface area (Å²) in [5.74, 6) is -0.173. The molecule has 0 aromatic heterocycles. The van der Waals surface area contributed by atoms with E-state index in [2.05, 4.69) is 5.32 Å². The molecule has 1 aromatic carbocycles. The molecular weight excluding hydrogens is 204 g/mol. The van der Waals surface area contributed by atoms with Crippen LogP contribution in [-0.4, -0.2) is 25.7 Å². The largest absolute Gasteiger partial charge is 0.370 e. The van der Waals surface area contributed by atoms with Gasteiger partial charge in [-0.05, 0) is 18.1 Å². The number of aryl methyl sites for hydroxylation is 1. The highest BCUT2D eigenvalue weighted by molar-refractivity contribution is 5.81. The van der Waals surface area contributed by atoms with Crippen LogP contribution in [0.1, 0.15) is 11.1 Å². The lowest BCUT2D eigenvalue weighted by Crippen LogP contribution is -2.40. The van der Waals surface area contributed by atoms with Crippen LogP contribution in [-0.2, 0) is 16.1 Å². The summed E-state index contributed by atoms with van der Waals surface area (Å²) in [6, 6.07) is 7.92. The molecule has 0 radical (unpaired) electrons. The van der Waals surface area contributed by atoms with Gasteiger partial charge in [-0.15, -0.1) is 0 Å². The number of nitrogens with one attached hydrogen (secondary N) is 1. The van der Waals surface area contributed by atoms with Crippen LogP contribution in [0.5, 0.6) is 0 Å². The van der Waals surface area contributed by atoms with E-state index in [0.29, 0.717) is 6.54 Å². The zero-order chi connectivity index (χ0) is 12.0. The van der Waals surface area contributed by atoms with Crippen LogP contribution in [0.2, 0.25) is 0 Å². The summed E-state index contributed by atoms with van der Waals surface area (Å²) < 4.78 is 4.94. The number of carbonyl (C=O) groups is 1. The molecule has 0 spiro atoms. The Morgan fingerprint density at radius 3 is 2.75 bits per heavy atom. The van der Waals surface area contributed by atoms with E-state index in [9.17, 15) is 4.79 Å². The van der Waals surface area contributed by atoms with Crippen LogP contribution in [0.4, 0.5) is 0 Å². The van der Waals surface area contributed by atoms with Gasteiger partial charge in [-0.1, -0.05) is 24.3 Å². The molecule has 16 heavy (non-hydrogen) atoms. The normalized spacial score (nSPS) is 12.2. The third-order valence-corrected chi connectivity index (χ3v) is 2.51. The number of methoxy groups -OCH3 is 1. The Kier molecular flexibility index (Phi) is 4.95. The molecule has 1 rings (SSSR count). The van der Waals surface area contributed by atoms with Gasteiger partial charge in [-0.2, -0.15) is 0 Å². The van der Waals surface area contributed by atoms with E-state index < -0.39 is 6.10 Å². The minimum absolute atomic E-state index is 0.173. The maximum atomic E-state index is 11.6. The van der Waals surface area contributed by atoms with Crippen LogP contribution < -0.4 is 11.1 Å². The van der Waals surface area contributed by atoms with E-state index in [1.807, 2.05) is 31.2 Å². The first-order valence-electron chi connectivity index (χ1n) is 5.24. The lowest BCUT2D eigenvalue weighted by atomic mass is 10.1. The van der Waals surface area contributed by atoms with Gasteiger partial charge in [0.2, 0.25) is 0 Å². The van der Waals surface area contributed by atoms with Gasteiger partial charge in [-0.3, -0.25) is 4.79 Å². The van der Waals surface area contributed by atoms with Gasteiger partial charge in [-0.25, -0.2) is 0 Å². The number of hydrogen-bond acceptors (Lipinski definition) is 3. The smallest absolute Gasteiger partial charge is 0.250 e. The number of hydrogen-bond donors (Lipinski definition) is 2. The van der Waals surface area contributed by atoms with Crippen LogP contribution in [0.25, 0.3) is 0 Å². The zero-order valence-electron chi connectivity index (χ0n) is 9.69. The molecule has 0 aliphatic rings. The second-order valence-corrected chi connectivity index (χ2v) is 3.60. The van der Waals surface area contributed by atoms with E-state index in [0.717, 1.165) is 11.1 Å². The van der Waals surface area contributed by atoms with E-state index in [4.69, 9.17) is 10.5 Å². The molecule has 88 valence electrons. The summed E-state index contributed by atoms with van der Waals surface area (Å²) >= 11 is 0. The second kappa shape index (κ2) is 6.25. The lowest BCUT2D eigenvalue weighted by molar-refractivity contribution is -0.130. The first-order chi connectivity index (χ1) is 7.69. The minimum Gasteiger partial charge on any atom is -0.370 e. The summed E-state index contributed by atoms with van der Waals surface area (Å²) in [7, 11) is 1.48. The molecule has 0 aliphatic heterocycles. The Bertz CT molecular complexity index is 349. The summed E-state index contributed by atoms with van der Waals surface area (Å²) in [4.78, 5) is 11.6.